The van der Waals surface area contributed by atoms with Gasteiger partial charge in [-0.1, -0.05) is 32.9 Å². The molecule has 0 fully saturated rings. The lowest BCUT2D eigenvalue weighted by atomic mass is 9.87. The summed E-state index contributed by atoms with van der Waals surface area (Å²) < 4.78 is 5.67. The van der Waals surface area contributed by atoms with Gasteiger partial charge in [0.15, 0.2) is 0 Å². The molecule has 20 heavy (non-hydrogen) atoms. The first-order valence-corrected chi connectivity index (χ1v) is 7.05. The molecule has 0 aliphatic carbocycles. The quantitative estimate of drug-likeness (QED) is 0.838. The fraction of sp³-hybridized carbons (Fsp3) is 0.562. The SMILES string of the molecule is CC(COc1ccc(C(C)(C)C)cc1)NC(=O)CCN. The van der Waals surface area contributed by atoms with E-state index in [9.17, 15) is 4.79 Å². The largest absolute Gasteiger partial charge is 0.491 e. The summed E-state index contributed by atoms with van der Waals surface area (Å²) in [5, 5.41) is 2.84. The number of carbonyl (C=O) groups excluding carboxylic acids is 1. The van der Waals surface area contributed by atoms with Crippen LogP contribution in [0.15, 0.2) is 24.3 Å². The molecule has 0 saturated heterocycles. The Morgan fingerprint density at radius 1 is 1.30 bits per heavy atom. The lowest BCUT2D eigenvalue weighted by Gasteiger charge is -2.19. The molecule has 0 heterocycles. The van der Waals surface area contributed by atoms with Crippen molar-refractivity contribution in [3.05, 3.63) is 29.8 Å². The molecule has 1 aromatic rings. The zero-order valence-corrected chi connectivity index (χ0v) is 12.9. The fourth-order valence-electron chi connectivity index (χ4n) is 1.79. The molecule has 3 N–H and O–H groups in total. The van der Waals surface area contributed by atoms with Gasteiger partial charge in [0.25, 0.3) is 0 Å². The van der Waals surface area contributed by atoms with Gasteiger partial charge in [0.05, 0.1) is 6.04 Å². The second-order valence-corrected chi connectivity index (χ2v) is 6.09. The van der Waals surface area contributed by atoms with Crippen LogP contribution in [0.5, 0.6) is 5.75 Å². The maximum atomic E-state index is 11.4. The molecule has 0 aliphatic heterocycles. The van der Waals surface area contributed by atoms with E-state index >= 15 is 0 Å². The van der Waals surface area contributed by atoms with Crippen molar-refractivity contribution in [2.75, 3.05) is 13.2 Å². The standard InChI is InChI=1S/C16H26N2O2/c1-12(18-15(19)9-10-17)11-20-14-7-5-13(6-8-14)16(2,3)4/h5-8,12H,9-11,17H2,1-4H3,(H,18,19). The van der Waals surface area contributed by atoms with Gasteiger partial charge in [-0.3, -0.25) is 4.79 Å². The molecule has 1 aromatic carbocycles. The number of hydrogen-bond acceptors (Lipinski definition) is 3. The smallest absolute Gasteiger partial charge is 0.221 e. The number of carbonyl (C=O) groups is 1. The van der Waals surface area contributed by atoms with Gasteiger partial charge in [0.2, 0.25) is 5.91 Å². The maximum absolute atomic E-state index is 11.4. The number of rotatable bonds is 6. The van der Waals surface area contributed by atoms with E-state index in [1.807, 2.05) is 19.1 Å². The zero-order valence-electron chi connectivity index (χ0n) is 12.9. The Kier molecular flexibility index (Phi) is 6.02. The van der Waals surface area contributed by atoms with Crippen LogP contribution in [0.4, 0.5) is 0 Å². The Morgan fingerprint density at radius 2 is 1.90 bits per heavy atom. The predicted octanol–water partition coefficient (Wildman–Crippen LogP) is 2.22. The van der Waals surface area contributed by atoms with Crippen LogP contribution in [0.2, 0.25) is 0 Å². The predicted molar refractivity (Wildman–Crippen MR) is 81.9 cm³/mol. The maximum Gasteiger partial charge on any atom is 0.221 e. The van der Waals surface area contributed by atoms with Crippen LogP contribution >= 0.6 is 0 Å². The van der Waals surface area contributed by atoms with Crippen molar-refractivity contribution in [1.82, 2.24) is 5.32 Å². The van der Waals surface area contributed by atoms with E-state index in [0.29, 0.717) is 19.6 Å². The Labute approximate surface area is 121 Å². The van der Waals surface area contributed by atoms with E-state index in [1.54, 1.807) is 0 Å². The normalized spacial score (nSPS) is 12.8. The highest BCUT2D eigenvalue weighted by Gasteiger charge is 2.13. The Morgan fingerprint density at radius 3 is 2.40 bits per heavy atom. The minimum Gasteiger partial charge on any atom is -0.491 e. The van der Waals surface area contributed by atoms with Gasteiger partial charge >= 0.3 is 0 Å². The molecular weight excluding hydrogens is 252 g/mol. The molecule has 0 saturated carbocycles. The van der Waals surface area contributed by atoms with Crippen LogP contribution in [0, 0.1) is 0 Å². The summed E-state index contributed by atoms with van der Waals surface area (Å²) in [5.74, 6) is 0.782. The van der Waals surface area contributed by atoms with Crippen LogP contribution < -0.4 is 15.8 Å². The average Bonchev–Trinajstić information content (AvgIpc) is 2.36. The average molecular weight is 278 g/mol. The van der Waals surface area contributed by atoms with Gasteiger partial charge in [-0.15, -0.1) is 0 Å². The molecule has 112 valence electrons. The van der Waals surface area contributed by atoms with Crippen LogP contribution in [-0.4, -0.2) is 25.1 Å². The summed E-state index contributed by atoms with van der Waals surface area (Å²) in [4.78, 5) is 11.4. The first kappa shape index (κ1) is 16.5. The van der Waals surface area contributed by atoms with Crippen LogP contribution in [0.25, 0.3) is 0 Å². The molecule has 4 nitrogen and oxygen atoms in total. The van der Waals surface area contributed by atoms with E-state index in [1.165, 1.54) is 5.56 Å². The molecule has 0 spiro atoms. The number of amides is 1. The van der Waals surface area contributed by atoms with Crippen molar-refractivity contribution in [2.24, 2.45) is 5.73 Å². The van der Waals surface area contributed by atoms with Gasteiger partial charge < -0.3 is 15.8 Å². The third kappa shape index (κ3) is 5.61. The van der Waals surface area contributed by atoms with Crippen LogP contribution in [0.3, 0.4) is 0 Å². The van der Waals surface area contributed by atoms with E-state index in [4.69, 9.17) is 10.5 Å². The van der Waals surface area contributed by atoms with Gasteiger partial charge in [-0.25, -0.2) is 0 Å². The summed E-state index contributed by atoms with van der Waals surface area (Å²) in [6.07, 6.45) is 0.352. The molecule has 0 aromatic heterocycles. The van der Waals surface area contributed by atoms with E-state index in [-0.39, 0.29) is 17.4 Å². The Hall–Kier alpha value is -1.55. The Balaban J connectivity index is 2.44. The number of ether oxygens (including phenoxy) is 1. The molecule has 1 atom stereocenters. The lowest BCUT2D eigenvalue weighted by molar-refractivity contribution is -0.121. The molecule has 1 amide bonds. The molecule has 0 aliphatic rings. The van der Waals surface area contributed by atoms with Crippen LogP contribution in [-0.2, 0) is 10.2 Å². The van der Waals surface area contributed by atoms with Crippen LogP contribution in [0.1, 0.15) is 39.7 Å². The monoisotopic (exact) mass is 278 g/mol. The number of benzene rings is 1. The molecule has 1 unspecified atom stereocenters. The first-order valence-electron chi connectivity index (χ1n) is 7.05. The van der Waals surface area contributed by atoms with E-state index < -0.39 is 0 Å². The number of nitrogens with one attached hydrogen (secondary N) is 1. The molecular formula is C16H26N2O2. The summed E-state index contributed by atoms with van der Waals surface area (Å²) in [6, 6.07) is 8.06. The Bertz CT molecular complexity index is 421. The highest BCUT2D eigenvalue weighted by atomic mass is 16.5. The second kappa shape index (κ2) is 7.29. The molecule has 1 rings (SSSR count). The van der Waals surface area contributed by atoms with Gasteiger partial charge in [-0.05, 0) is 30.0 Å². The van der Waals surface area contributed by atoms with E-state index in [2.05, 4.69) is 38.2 Å². The van der Waals surface area contributed by atoms with Crippen molar-refractivity contribution < 1.29 is 9.53 Å². The van der Waals surface area contributed by atoms with Crippen molar-refractivity contribution in [3.8, 4) is 5.75 Å². The van der Waals surface area contributed by atoms with Crippen molar-refractivity contribution in [3.63, 3.8) is 0 Å². The third-order valence-corrected chi connectivity index (χ3v) is 3.00. The number of hydrogen-bond donors (Lipinski definition) is 2. The highest BCUT2D eigenvalue weighted by molar-refractivity contribution is 5.76. The first-order chi connectivity index (χ1) is 9.32. The fourth-order valence-corrected chi connectivity index (χ4v) is 1.79. The zero-order chi connectivity index (χ0) is 15.2. The van der Waals surface area contributed by atoms with Gasteiger partial charge in [0.1, 0.15) is 12.4 Å². The summed E-state index contributed by atoms with van der Waals surface area (Å²) >= 11 is 0. The molecule has 4 heteroatoms. The molecule has 0 bridgehead atoms. The third-order valence-electron chi connectivity index (χ3n) is 3.00. The minimum absolute atomic E-state index is 0.0312. The van der Waals surface area contributed by atoms with Crippen molar-refractivity contribution in [2.45, 2.75) is 45.6 Å². The minimum atomic E-state index is -0.0355. The summed E-state index contributed by atoms with van der Waals surface area (Å²) in [7, 11) is 0. The van der Waals surface area contributed by atoms with Crippen molar-refractivity contribution in [1.29, 1.82) is 0 Å². The topological polar surface area (TPSA) is 64.3 Å². The second-order valence-electron chi connectivity index (χ2n) is 6.09. The van der Waals surface area contributed by atoms with Gasteiger partial charge in [0, 0.05) is 13.0 Å². The number of nitrogens with two attached hydrogens (primary N) is 1. The molecule has 0 radical (unpaired) electrons. The summed E-state index contributed by atoms with van der Waals surface area (Å²) in [6.45, 7) is 9.27. The van der Waals surface area contributed by atoms with Gasteiger partial charge in [-0.2, -0.15) is 0 Å². The highest BCUT2D eigenvalue weighted by Crippen LogP contribution is 2.24. The van der Waals surface area contributed by atoms with E-state index in [0.717, 1.165) is 5.75 Å². The lowest BCUT2D eigenvalue weighted by Crippen LogP contribution is -2.37. The summed E-state index contributed by atoms with van der Waals surface area (Å²) in [5.41, 5.74) is 6.74. The van der Waals surface area contributed by atoms with Crippen molar-refractivity contribution >= 4 is 5.91 Å².